The molecule has 1 aromatic rings. The van der Waals surface area contributed by atoms with Crippen LogP contribution in [-0.4, -0.2) is 24.6 Å². The van der Waals surface area contributed by atoms with E-state index >= 15 is 0 Å². The number of halogens is 1. The van der Waals surface area contributed by atoms with Gasteiger partial charge in [-0.1, -0.05) is 11.6 Å². The number of ketones is 1. The van der Waals surface area contributed by atoms with Crippen molar-refractivity contribution in [2.24, 2.45) is 10.9 Å². The summed E-state index contributed by atoms with van der Waals surface area (Å²) in [6, 6.07) is 3.27. The normalized spacial score (nSPS) is 17.5. The highest BCUT2D eigenvalue weighted by molar-refractivity contribution is 6.32. The number of benzene rings is 1. The van der Waals surface area contributed by atoms with Crippen molar-refractivity contribution in [2.75, 3.05) is 6.61 Å². The lowest BCUT2D eigenvalue weighted by Crippen LogP contribution is -2.29. The van der Waals surface area contributed by atoms with Gasteiger partial charge in [-0.25, -0.2) is 0 Å². The van der Waals surface area contributed by atoms with Gasteiger partial charge in [-0.2, -0.15) is 0 Å². The molecule has 0 spiro atoms. The summed E-state index contributed by atoms with van der Waals surface area (Å²) < 4.78 is 4.84. The molecular weight excluding hydrogens is 254 g/mol. The number of nitrogens with zero attached hydrogens (tertiary/aromatic N) is 1. The fourth-order valence-electron chi connectivity index (χ4n) is 1.88. The Bertz CT molecular complexity index is 551. The van der Waals surface area contributed by atoms with Crippen LogP contribution in [0.4, 0.5) is 5.69 Å². The molecule has 0 fully saturated rings. The second-order valence-corrected chi connectivity index (χ2v) is 4.43. The van der Waals surface area contributed by atoms with Gasteiger partial charge >= 0.3 is 5.97 Å². The molecule has 0 aromatic heterocycles. The molecule has 5 heteroatoms. The zero-order valence-electron chi connectivity index (χ0n) is 10.1. The minimum absolute atomic E-state index is 0.234. The van der Waals surface area contributed by atoms with E-state index in [-0.39, 0.29) is 12.4 Å². The summed E-state index contributed by atoms with van der Waals surface area (Å²) >= 11 is 5.92. The summed E-state index contributed by atoms with van der Waals surface area (Å²) in [6.07, 6.45) is 1.34. The number of hydrogen-bond donors (Lipinski definition) is 0. The maximum atomic E-state index is 12.2. The first-order chi connectivity index (χ1) is 8.54. The molecular formula is C13H12ClNO3. The molecule has 2 rings (SSSR count). The van der Waals surface area contributed by atoms with Crippen LogP contribution in [0.3, 0.4) is 0 Å². The van der Waals surface area contributed by atoms with Gasteiger partial charge in [0, 0.05) is 16.8 Å². The Morgan fingerprint density at radius 3 is 2.89 bits per heavy atom. The second-order valence-electron chi connectivity index (χ2n) is 3.99. The third-order valence-electron chi connectivity index (χ3n) is 2.71. The smallest absolute Gasteiger partial charge is 0.322 e. The summed E-state index contributed by atoms with van der Waals surface area (Å²) in [5.41, 5.74) is 1.76. The van der Waals surface area contributed by atoms with Gasteiger partial charge in [0.05, 0.1) is 12.3 Å². The quantitative estimate of drug-likeness (QED) is 0.610. The molecule has 1 heterocycles. The van der Waals surface area contributed by atoms with Crippen molar-refractivity contribution in [1.29, 1.82) is 0 Å². The lowest BCUT2D eigenvalue weighted by Gasteiger charge is -2.17. The van der Waals surface area contributed by atoms with Crippen LogP contribution in [-0.2, 0) is 9.53 Å². The van der Waals surface area contributed by atoms with E-state index in [1.54, 1.807) is 13.0 Å². The number of fused-ring (bicyclic) bond motifs is 1. The van der Waals surface area contributed by atoms with E-state index in [4.69, 9.17) is 16.3 Å². The summed E-state index contributed by atoms with van der Waals surface area (Å²) in [6.45, 7) is 3.75. The minimum Gasteiger partial charge on any atom is -0.465 e. The Labute approximate surface area is 110 Å². The summed E-state index contributed by atoms with van der Waals surface area (Å²) in [4.78, 5) is 28.0. The van der Waals surface area contributed by atoms with Crippen LogP contribution in [0.2, 0.25) is 5.02 Å². The van der Waals surface area contributed by atoms with E-state index in [9.17, 15) is 9.59 Å². The number of rotatable bonds is 2. The number of Topliss-reactive ketones (excluding diaryl/α,β-unsaturated/α-hetero) is 1. The number of aryl methyl sites for hydroxylation is 1. The number of hydrogen-bond acceptors (Lipinski definition) is 4. The van der Waals surface area contributed by atoms with Gasteiger partial charge in [-0.3, -0.25) is 14.6 Å². The molecule has 0 N–H and O–H groups in total. The number of carbonyl (C=O) groups is 2. The van der Waals surface area contributed by atoms with Gasteiger partial charge < -0.3 is 4.74 Å². The largest absolute Gasteiger partial charge is 0.465 e. The fraction of sp³-hybridized carbons (Fsp3) is 0.308. The lowest BCUT2D eigenvalue weighted by molar-refractivity contribution is -0.143. The Balaban J connectivity index is 2.43. The third kappa shape index (κ3) is 2.16. The van der Waals surface area contributed by atoms with E-state index in [2.05, 4.69) is 4.99 Å². The zero-order chi connectivity index (χ0) is 13.3. The Kier molecular flexibility index (Phi) is 3.48. The molecule has 1 aromatic carbocycles. The highest BCUT2D eigenvalue weighted by Gasteiger charge is 2.32. The summed E-state index contributed by atoms with van der Waals surface area (Å²) in [5.74, 6) is -1.85. The minimum atomic E-state index is -0.963. The summed E-state index contributed by atoms with van der Waals surface area (Å²) in [5, 5.41) is 0.458. The van der Waals surface area contributed by atoms with Crippen molar-refractivity contribution in [1.82, 2.24) is 0 Å². The van der Waals surface area contributed by atoms with Crippen molar-refractivity contribution in [3.8, 4) is 0 Å². The van der Waals surface area contributed by atoms with Crippen molar-refractivity contribution >= 4 is 35.3 Å². The van der Waals surface area contributed by atoms with Crippen molar-refractivity contribution in [3.63, 3.8) is 0 Å². The Morgan fingerprint density at radius 2 is 2.22 bits per heavy atom. The first-order valence-electron chi connectivity index (χ1n) is 5.59. The molecule has 1 atom stereocenters. The maximum absolute atomic E-state index is 12.2. The number of aliphatic imine (C=N–C) groups is 1. The molecule has 0 saturated heterocycles. The van der Waals surface area contributed by atoms with E-state index in [0.29, 0.717) is 16.3 Å². The molecule has 18 heavy (non-hydrogen) atoms. The Hall–Kier alpha value is -1.68. The van der Waals surface area contributed by atoms with Gasteiger partial charge in [-0.05, 0) is 31.5 Å². The van der Waals surface area contributed by atoms with Crippen LogP contribution < -0.4 is 0 Å². The molecule has 4 nitrogen and oxygen atoms in total. The molecule has 1 unspecified atom stereocenters. The number of carbonyl (C=O) groups excluding carboxylic acids is 2. The van der Waals surface area contributed by atoms with Gasteiger partial charge in [-0.15, -0.1) is 0 Å². The zero-order valence-corrected chi connectivity index (χ0v) is 10.8. The van der Waals surface area contributed by atoms with Gasteiger partial charge in [0.1, 0.15) is 0 Å². The number of ether oxygens (including phenoxy) is 1. The van der Waals surface area contributed by atoms with Crippen molar-refractivity contribution in [2.45, 2.75) is 13.8 Å². The van der Waals surface area contributed by atoms with Crippen LogP contribution in [0.1, 0.15) is 22.8 Å². The van der Waals surface area contributed by atoms with E-state index in [1.807, 2.05) is 6.92 Å². The lowest BCUT2D eigenvalue weighted by atomic mass is 9.93. The van der Waals surface area contributed by atoms with Crippen LogP contribution in [0.25, 0.3) is 0 Å². The third-order valence-corrected chi connectivity index (χ3v) is 2.92. The molecule has 0 amide bonds. The summed E-state index contributed by atoms with van der Waals surface area (Å²) in [7, 11) is 0. The fourth-order valence-corrected chi connectivity index (χ4v) is 2.15. The molecule has 0 bridgehead atoms. The van der Waals surface area contributed by atoms with E-state index in [0.717, 1.165) is 5.56 Å². The standard InChI is InChI=1S/C13H12ClNO3/c1-3-18-13(17)10-6-15-11-7(2)4-8(14)5-9(11)12(10)16/h4-6,10H,3H2,1-2H3. The van der Waals surface area contributed by atoms with Crippen molar-refractivity contribution < 1.29 is 14.3 Å². The molecule has 0 aliphatic carbocycles. The molecule has 1 aliphatic heterocycles. The molecule has 0 radical (unpaired) electrons. The van der Waals surface area contributed by atoms with Crippen LogP contribution in [0.15, 0.2) is 17.1 Å². The van der Waals surface area contributed by atoms with E-state index < -0.39 is 11.9 Å². The highest BCUT2D eigenvalue weighted by Crippen LogP contribution is 2.32. The Morgan fingerprint density at radius 1 is 1.50 bits per heavy atom. The van der Waals surface area contributed by atoms with Crippen LogP contribution >= 0.6 is 11.6 Å². The van der Waals surface area contributed by atoms with Crippen LogP contribution in [0, 0.1) is 12.8 Å². The van der Waals surface area contributed by atoms with Gasteiger partial charge in [0.2, 0.25) is 0 Å². The van der Waals surface area contributed by atoms with Gasteiger partial charge in [0.15, 0.2) is 11.7 Å². The predicted octanol–water partition coefficient (Wildman–Crippen LogP) is 2.73. The first-order valence-corrected chi connectivity index (χ1v) is 5.97. The molecule has 1 aliphatic rings. The van der Waals surface area contributed by atoms with Crippen molar-refractivity contribution in [3.05, 3.63) is 28.3 Å². The molecule has 94 valence electrons. The predicted molar refractivity (Wildman–Crippen MR) is 68.8 cm³/mol. The highest BCUT2D eigenvalue weighted by atomic mass is 35.5. The van der Waals surface area contributed by atoms with Crippen LogP contribution in [0.5, 0.6) is 0 Å². The molecule has 0 saturated carbocycles. The average Bonchev–Trinajstić information content (AvgIpc) is 2.30. The number of esters is 1. The van der Waals surface area contributed by atoms with E-state index in [1.165, 1.54) is 12.3 Å². The first kappa shape index (κ1) is 12.8. The average molecular weight is 266 g/mol. The topological polar surface area (TPSA) is 55.7 Å². The maximum Gasteiger partial charge on any atom is 0.322 e. The van der Waals surface area contributed by atoms with Gasteiger partial charge in [0.25, 0.3) is 0 Å². The second kappa shape index (κ2) is 4.90. The monoisotopic (exact) mass is 265 g/mol. The SMILES string of the molecule is CCOC(=O)C1C=Nc2c(C)cc(Cl)cc2C1=O.